The van der Waals surface area contributed by atoms with Crippen LogP contribution in [-0.2, 0) is 11.2 Å². The number of benzene rings is 2. The van der Waals surface area contributed by atoms with Crippen molar-refractivity contribution in [2.75, 3.05) is 6.54 Å². The predicted molar refractivity (Wildman–Crippen MR) is 142 cm³/mol. The van der Waals surface area contributed by atoms with Gasteiger partial charge in [-0.3, -0.25) is 14.5 Å². The summed E-state index contributed by atoms with van der Waals surface area (Å²) < 4.78 is 7.09. The van der Waals surface area contributed by atoms with Gasteiger partial charge in [-0.25, -0.2) is 4.79 Å². The third-order valence-corrected chi connectivity index (χ3v) is 6.18. The van der Waals surface area contributed by atoms with Crippen LogP contribution in [0, 0.1) is 0 Å². The van der Waals surface area contributed by atoms with Gasteiger partial charge in [0.05, 0.1) is 17.3 Å². The molecule has 0 amide bonds. The van der Waals surface area contributed by atoms with Crippen LogP contribution in [0.5, 0.6) is 0 Å². The molecule has 0 aliphatic rings. The molecule has 3 aromatic heterocycles. The summed E-state index contributed by atoms with van der Waals surface area (Å²) in [7, 11) is 0. The van der Waals surface area contributed by atoms with Crippen LogP contribution in [0.1, 0.15) is 32.8 Å². The van der Waals surface area contributed by atoms with Gasteiger partial charge in [-0.2, -0.15) is 5.10 Å². The number of hydrogen-bond acceptors (Lipinski definition) is 5. The van der Waals surface area contributed by atoms with Crippen LogP contribution in [0.15, 0.2) is 66.0 Å². The van der Waals surface area contributed by atoms with E-state index in [1.54, 1.807) is 24.7 Å². The highest BCUT2D eigenvalue weighted by Crippen LogP contribution is 2.36. The summed E-state index contributed by atoms with van der Waals surface area (Å²) in [6, 6.07) is 11.8. The Morgan fingerprint density at radius 3 is 2.64 bits per heavy atom. The van der Waals surface area contributed by atoms with E-state index in [-0.39, 0.29) is 5.56 Å². The maximum Gasteiger partial charge on any atom is 0.418 e. The van der Waals surface area contributed by atoms with Gasteiger partial charge in [-0.05, 0) is 91.7 Å². The number of aryl methyl sites for hydroxylation is 1. The van der Waals surface area contributed by atoms with Crippen molar-refractivity contribution in [2.24, 2.45) is 5.73 Å². The van der Waals surface area contributed by atoms with Gasteiger partial charge in [0.25, 0.3) is 5.56 Å². The Kier molecular flexibility index (Phi) is 5.97. The number of ether oxygens (including phenoxy) is 1. The lowest BCUT2D eigenvalue weighted by atomic mass is 9.91. The normalized spacial score (nSPS) is 11.9. The summed E-state index contributed by atoms with van der Waals surface area (Å²) in [6.07, 6.45) is 8.03. The molecule has 0 atom stereocenters. The highest BCUT2D eigenvalue weighted by Gasteiger charge is 2.22. The number of H-pyrrole nitrogens is 2. The molecule has 0 saturated carbocycles. The van der Waals surface area contributed by atoms with Gasteiger partial charge in [0.1, 0.15) is 5.60 Å². The number of hydrogen-bond donors (Lipinski definition) is 3. The number of rotatable bonds is 5. The van der Waals surface area contributed by atoms with Crippen molar-refractivity contribution < 1.29 is 9.53 Å². The van der Waals surface area contributed by atoms with Crippen LogP contribution in [0.25, 0.3) is 43.9 Å². The lowest BCUT2D eigenvalue weighted by molar-refractivity contribution is 0.0540. The average Bonchev–Trinajstić information content (AvgIpc) is 3.54. The van der Waals surface area contributed by atoms with Gasteiger partial charge in [0.15, 0.2) is 0 Å². The summed E-state index contributed by atoms with van der Waals surface area (Å²) in [5.41, 5.74) is 9.38. The standard InChI is InChI=1S/C28H29N5O3/c1-28(2,3)36-27(35)33-11-5-7-24(33)23-16-30-26(34)25-21-12-17(19-14-31-32-15-19)8-9-20(21)18(6-4-10-29)13-22(23)25/h5,7-9,11-16H,4,6,10,29H2,1-3H3,(H,30,34)(H,31,32). The van der Waals surface area contributed by atoms with Crippen LogP contribution in [0.4, 0.5) is 4.79 Å². The van der Waals surface area contributed by atoms with E-state index in [4.69, 9.17) is 10.5 Å². The molecule has 0 aliphatic carbocycles. The fourth-order valence-electron chi connectivity index (χ4n) is 4.62. The van der Waals surface area contributed by atoms with E-state index < -0.39 is 11.7 Å². The zero-order valence-corrected chi connectivity index (χ0v) is 20.6. The molecule has 184 valence electrons. The van der Waals surface area contributed by atoms with E-state index in [9.17, 15) is 9.59 Å². The molecule has 36 heavy (non-hydrogen) atoms. The zero-order valence-electron chi connectivity index (χ0n) is 20.6. The Balaban J connectivity index is 1.79. The molecule has 0 aliphatic heterocycles. The minimum Gasteiger partial charge on any atom is -0.443 e. The van der Waals surface area contributed by atoms with Crippen LogP contribution >= 0.6 is 0 Å². The largest absolute Gasteiger partial charge is 0.443 e. The second kappa shape index (κ2) is 9.13. The van der Waals surface area contributed by atoms with Crippen molar-refractivity contribution in [2.45, 2.75) is 39.2 Å². The van der Waals surface area contributed by atoms with Gasteiger partial charge in [-0.15, -0.1) is 0 Å². The lowest BCUT2D eigenvalue weighted by Gasteiger charge is -2.21. The Morgan fingerprint density at radius 2 is 1.92 bits per heavy atom. The minimum atomic E-state index is -0.638. The first-order chi connectivity index (χ1) is 17.3. The van der Waals surface area contributed by atoms with Crippen molar-refractivity contribution >= 4 is 27.6 Å². The van der Waals surface area contributed by atoms with E-state index in [2.05, 4.69) is 27.3 Å². The Labute approximate surface area is 208 Å². The number of nitrogens with one attached hydrogen (secondary N) is 2. The molecule has 3 heterocycles. The van der Waals surface area contributed by atoms with Crippen LogP contribution in [0.3, 0.4) is 0 Å². The number of nitrogens with two attached hydrogens (primary N) is 1. The fourth-order valence-corrected chi connectivity index (χ4v) is 4.62. The summed E-state index contributed by atoms with van der Waals surface area (Å²) in [5.74, 6) is 0. The zero-order chi connectivity index (χ0) is 25.4. The smallest absolute Gasteiger partial charge is 0.418 e. The molecule has 0 fully saturated rings. The van der Waals surface area contributed by atoms with Gasteiger partial charge < -0.3 is 15.5 Å². The number of aromatic nitrogens is 4. The summed E-state index contributed by atoms with van der Waals surface area (Å²) in [4.78, 5) is 29.1. The predicted octanol–water partition coefficient (Wildman–Crippen LogP) is 5.21. The summed E-state index contributed by atoms with van der Waals surface area (Å²) in [6.45, 7) is 6.06. The van der Waals surface area contributed by atoms with Crippen molar-refractivity contribution in [3.8, 4) is 22.4 Å². The first-order valence-electron chi connectivity index (χ1n) is 12.0. The molecular weight excluding hydrogens is 454 g/mol. The molecule has 4 N–H and O–H groups in total. The molecule has 0 bridgehead atoms. The molecule has 2 aromatic carbocycles. The van der Waals surface area contributed by atoms with E-state index in [1.165, 1.54) is 4.57 Å². The third-order valence-electron chi connectivity index (χ3n) is 6.18. The molecule has 8 nitrogen and oxygen atoms in total. The highest BCUT2D eigenvalue weighted by molar-refractivity contribution is 6.13. The van der Waals surface area contributed by atoms with Gasteiger partial charge in [0, 0.05) is 29.7 Å². The van der Waals surface area contributed by atoms with Crippen molar-refractivity contribution in [3.63, 3.8) is 0 Å². The maximum absolute atomic E-state index is 13.3. The first kappa shape index (κ1) is 23.6. The molecule has 0 spiro atoms. The van der Waals surface area contributed by atoms with Crippen LogP contribution in [-0.4, -0.2) is 38.0 Å². The Bertz CT molecular complexity index is 1620. The van der Waals surface area contributed by atoms with E-state index >= 15 is 0 Å². The van der Waals surface area contributed by atoms with E-state index in [0.29, 0.717) is 17.6 Å². The fraction of sp³-hybridized carbons (Fsp3) is 0.250. The third kappa shape index (κ3) is 4.31. The van der Waals surface area contributed by atoms with Gasteiger partial charge in [-0.1, -0.05) is 12.1 Å². The second-order valence-electron chi connectivity index (χ2n) is 9.87. The number of pyridine rings is 1. The lowest BCUT2D eigenvalue weighted by Crippen LogP contribution is -2.27. The summed E-state index contributed by atoms with van der Waals surface area (Å²) in [5, 5.41) is 10.1. The van der Waals surface area contributed by atoms with Crippen molar-refractivity contribution in [3.05, 3.63) is 77.1 Å². The van der Waals surface area contributed by atoms with Crippen molar-refractivity contribution in [1.82, 2.24) is 19.7 Å². The Morgan fingerprint density at radius 1 is 1.08 bits per heavy atom. The minimum absolute atomic E-state index is 0.191. The number of nitrogens with zero attached hydrogens (tertiary/aromatic N) is 2. The second-order valence-corrected chi connectivity index (χ2v) is 9.87. The SMILES string of the molecule is CC(C)(C)OC(=O)n1cccc1-c1c[nH]c(=O)c2c1cc(CCCN)c1ccc(-c3cn[nH]c3)cc12. The first-order valence-corrected chi connectivity index (χ1v) is 12.0. The quantitative estimate of drug-likeness (QED) is 0.296. The molecule has 0 saturated heterocycles. The van der Waals surface area contributed by atoms with Gasteiger partial charge in [0.2, 0.25) is 0 Å². The summed E-state index contributed by atoms with van der Waals surface area (Å²) >= 11 is 0. The highest BCUT2D eigenvalue weighted by atomic mass is 16.6. The van der Waals surface area contributed by atoms with Crippen LogP contribution < -0.4 is 11.3 Å². The van der Waals surface area contributed by atoms with Crippen LogP contribution in [0.2, 0.25) is 0 Å². The molecule has 0 unspecified atom stereocenters. The van der Waals surface area contributed by atoms with Crippen molar-refractivity contribution in [1.29, 1.82) is 0 Å². The number of carbonyl (C=O) groups is 1. The molecule has 0 radical (unpaired) electrons. The topological polar surface area (TPSA) is 119 Å². The Hall–Kier alpha value is -4.17. The molecular formula is C28H29N5O3. The molecule has 5 rings (SSSR count). The maximum atomic E-state index is 13.3. The number of carbonyl (C=O) groups excluding carboxylic acids is 1. The molecule has 5 aromatic rings. The number of fused-ring (bicyclic) bond motifs is 3. The van der Waals surface area contributed by atoms with E-state index in [0.717, 1.165) is 51.3 Å². The van der Waals surface area contributed by atoms with E-state index in [1.807, 2.05) is 45.2 Å². The van der Waals surface area contributed by atoms with Gasteiger partial charge >= 0.3 is 6.09 Å². The molecule has 8 heteroatoms. The monoisotopic (exact) mass is 483 g/mol. The average molecular weight is 484 g/mol. The number of aromatic amines is 2.